The summed E-state index contributed by atoms with van der Waals surface area (Å²) in [5.74, 6) is -0.241. The van der Waals surface area contributed by atoms with Gasteiger partial charge in [0.05, 0.1) is 12.2 Å². The molecule has 0 atom stereocenters. The third-order valence-corrected chi connectivity index (χ3v) is 4.20. The monoisotopic (exact) mass is 325 g/mol. The van der Waals surface area contributed by atoms with Crippen LogP contribution < -0.4 is 11.1 Å². The first kappa shape index (κ1) is 15.1. The predicted molar refractivity (Wildman–Crippen MR) is 89.9 cm³/mol. The van der Waals surface area contributed by atoms with Crippen LogP contribution in [0.2, 0.25) is 0 Å². The highest BCUT2D eigenvalue weighted by molar-refractivity contribution is 7.12. The molecule has 0 aliphatic rings. The van der Waals surface area contributed by atoms with Gasteiger partial charge in [-0.05, 0) is 6.92 Å². The Kier molecular flexibility index (Phi) is 4.29. The van der Waals surface area contributed by atoms with Crippen LogP contribution in [0.1, 0.15) is 20.4 Å². The lowest BCUT2D eigenvalue weighted by Crippen LogP contribution is -2.25. The number of nitrogens with zero attached hydrogens (tertiary/aromatic N) is 3. The number of benzene rings is 1. The highest BCUT2D eigenvalue weighted by Crippen LogP contribution is 2.27. The number of nitrogens with two attached hydrogens (primary N) is 1. The number of aromatic nitrogens is 3. The van der Waals surface area contributed by atoms with Gasteiger partial charge in [-0.2, -0.15) is 0 Å². The highest BCUT2D eigenvalue weighted by atomic mass is 32.1. The zero-order chi connectivity index (χ0) is 16.2. The molecule has 0 spiro atoms. The summed E-state index contributed by atoms with van der Waals surface area (Å²) in [5.41, 5.74) is 7.79. The Morgan fingerprint density at radius 3 is 2.70 bits per heavy atom. The van der Waals surface area contributed by atoms with E-state index in [0.717, 1.165) is 21.1 Å². The van der Waals surface area contributed by atoms with Crippen LogP contribution in [0, 0.1) is 6.92 Å². The van der Waals surface area contributed by atoms with Crippen LogP contribution in [0.15, 0.2) is 42.7 Å². The van der Waals surface area contributed by atoms with Crippen LogP contribution in [-0.2, 0) is 6.54 Å². The van der Waals surface area contributed by atoms with E-state index in [1.807, 2.05) is 37.3 Å². The van der Waals surface area contributed by atoms with Gasteiger partial charge in [0.2, 0.25) is 0 Å². The molecule has 1 aromatic carbocycles. The molecule has 3 aromatic rings. The van der Waals surface area contributed by atoms with Crippen molar-refractivity contribution in [2.45, 2.75) is 13.5 Å². The van der Waals surface area contributed by atoms with E-state index in [2.05, 4.69) is 20.3 Å². The van der Waals surface area contributed by atoms with Gasteiger partial charge >= 0.3 is 0 Å². The first-order valence-electron chi connectivity index (χ1n) is 7.01. The molecular weight excluding hydrogens is 310 g/mol. The first-order valence-corrected chi connectivity index (χ1v) is 7.83. The molecule has 116 valence electrons. The quantitative estimate of drug-likeness (QED) is 0.768. The van der Waals surface area contributed by atoms with Gasteiger partial charge < -0.3 is 11.1 Å². The lowest BCUT2D eigenvalue weighted by Gasteiger charge is -2.03. The van der Waals surface area contributed by atoms with Crippen LogP contribution in [0.4, 0.5) is 5.82 Å². The second kappa shape index (κ2) is 6.53. The second-order valence-corrected chi connectivity index (χ2v) is 6.14. The van der Waals surface area contributed by atoms with Crippen LogP contribution in [0.3, 0.4) is 0 Å². The van der Waals surface area contributed by atoms with Crippen molar-refractivity contribution in [1.82, 2.24) is 20.3 Å². The largest absolute Gasteiger partial charge is 0.382 e. The molecule has 3 rings (SSSR count). The van der Waals surface area contributed by atoms with Gasteiger partial charge in [0.25, 0.3) is 5.91 Å². The molecule has 0 aliphatic carbocycles. The number of amides is 1. The smallest absolute Gasteiger partial charge is 0.274 e. The van der Waals surface area contributed by atoms with Crippen molar-refractivity contribution in [3.05, 3.63) is 58.3 Å². The summed E-state index contributed by atoms with van der Waals surface area (Å²) in [4.78, 5) is 25.6. The fourth-order valence-electron chi connectivity index (χ4n) is 2.15. The average Bonchev–Trinajstić information content (AvgIpc) is 2.95. The van der Waals surface area contributed by atoms with Crippen molar-refractivity contribution in [3.8, 4) is 11.3 Å². The van der Waals surface area contributed by atoms with Crippen molar-refractivity contribution in [3.63, 3.8) is 0 Å². The van der Waals surface area contributed by atoms with Crippen molar-refractivity contribution < 1.29 is 4.79 Å². The normalized spacial score (nSPS) is 10.5. The zero-order valence-corrected chi connectivity index (χ0v) is 13.3. The molecule has 0 saturated carbocycles. The fraction of sp³-hybridized carbons (Fsp3) is 0.125. The van der Waals surface area contributed by atoms with Gasteiger partial charge in [-0.1, -0.05) is 30.3 Å². The van der Waals surface area contributed by atoms with Crippen molar-refractivity contribution >= 4 is 23.1 Å². The number of thiazole rings is 1. The standard InChI is InChI=1S/C16H15N5OS/c1-10-13(11-5-3-2-4-6-11)21-12(23-10)9-20-16(22)14-15(17)19-8-7-18-14/h2-8H,9H2,1H3,(H2,17,19)(H,20,22). The summed E-state index contributed by atoms with van der Waals surface area (Å²) in [5, 5.41) is 3.61. The molecule has 0 bridgehead atoms. The summed E-state index contributed by atoms with van der Waals surface area (Å²) in [6.07, 6.45) is 2.88. The van der Waals surface area contributed by atoms with E-state index in [9.17, 15) is 4.79 Å². The Labute approximate surface area is 137 Å². The Hall–Kier alpha value is -2.80. The van der Waals surface area contributed by atoms with E-state index >= 15 is 0 Å². The molecule has 23 heavy (non-hydrogen) atoms. The number of hydrogen-bond donors (Lipinski definition) is 2. The number of nitrogen functional groups attached to an aromatic ring is 1. The summed E-state index contributed by atoms with van der Waals surface area (Å²) in [6.45, 7) is 2.35. The molecule has 0 fully saturated rings. The summed E-state index contributed by atoms with van der Waals surface area (Å²) in [6, 6.07) is 9.96. The maximum atomic E-state index is 12.1. The van der Waals surface area contributed by atoms with E-state index in [1.54, 1.807) is 11.3 Å². The van der Waals surface area contributed by atoms with Gasteiger partial charge in [0, 0.05) is 22.8 Å². The van der Waals surface area contributed by atoms with Gasteiger partial charge in [0.1, 0.15) is 5.01 Å². The zero-order valence-electron chi connectivity index (χ0n) is 12.5. The van der Waals surface area contributed by atoms with Crippen LogP contribution in [-0.4, -0.2) is 20.9 Å². The molecule has 1 amide bonds. The number of carbonyl (C=O) groups is 1. The number of nitrogens with one attached hydrogen (secondary N) is 1. The molecule has 0 unspecified atom stereocenters. The topological polar surface area (TPSA) is 93.8 Å². The van der Waals surface area contributed by atoms with E-state index < -0.39 is 0 Å². The average molecular weight is 325 g/mol. The van der Waals surface area contributed by atoms with Crippen LogP contribution >= 0.6 is 11.3 Å². The summed E-state index contributed by atoms with van der Waals surface area (Å²) < 4.78 is 0. The minimum atomic E-state index is -0.357. The summed E-state index contributed by atoms with van der Waals surface area (Å²) in [7, 11) is 0. The Balaban J connectivity index is 1.72. The Morgan fingerprint density at radius 2 is 1.96 bits per heavy atom. The van der Waals surface area contributed by atoms with Crippen molar-refractivity contribution in [2.75, 3.05) is 5.73 Å². The maximum Gasteiger partial charge on any atom is 0.274 e. The molecule has 7 heteroatoms. The lowest BCUT2D eigenvalue weighted by atomic mass is 10.1. The van der Waals surface area contributed by atoms with Gasteiger partial charge in [-0.25, -0.2) is 15.0 Å². The van der Waals surface area contributed by atoms with Crippen molar-refractivity contribution in [1.29, 1.82) is 0 Å². The molecule has 2 heterocycles. The second-order valence-electron chi connectivity index (χ2n) is 4.85. The third kappa shape index (κ3) is 3.35. The number of carbonyl (C=O) groups excluding carboxylic acids is 1. The Bertz CT molecular complexity index is 831. The minimum Gasteiger partial charge on any atom is -0.382 e. The SMILES string of the molecule is Cc1sc(CNC(=O)c2nccnc2N)nc1-c1ccccc1. The molecule has 3 N–H and O–H groups in total. The fourth-order valence-corrected chi connectivity index (χ4v) is 3.05. The van der Waals surface area contributed by atoms with Crippen LogP contribution in [0.25, 0.3) is 11.3 Å². The molecule has 0 saturated heterocycles. The molecule has 2 aromatic heterocycles. The molecule has 6 nitrogen and oxygen atoms in total. The third-order valence-electron chi connectivity index (χ3n) is 3.23. The minimum absolute atomic E-state index is 0.116. The van der Waals surface area contributed by atoms with E-state index in [4.69, 9.17) is 5.73 Å². The van der Waals surface area contributed by atoms with Gasteiger partial charge in [-0.15, -0.1) is 11.3 Å². The first-order chi connectivity index (χ1) is 11.1. The van der Waals surface area contributed by atoms with E-state index in [-0.39, 0.29) is 17.4 Å². The summed E-state index contributed by atoms with van der Waals surface area (Å²) >= 11 is 1.56. The van der Waals surface area contributed by atoms with E-state index in [0.29, 0.717) is 6.54 Å². The van der Waals surface area contributed by atoms with E-state index in [1.165, 1.54) is 12.4 Å². The molecule has 0 radical (unpaired) electrons. The number of hydrogen-bond acceptors (Lipinski definition) is 6. The Morgan fingerprint density at radius 1 is 1.22 bits per heavy atom. The molecular formula is C16H15N5OS. The molecule has 0 aliphatic heterocycles. The number of aryl methyl sites for hydroxylation is 1. The van der Waals surface area contributed by atoms with Gasteiger partial charge in [0.15, 0.2) is 11.5 Å². The highest BCUT2D eigenvalue weighted by Gasteiger charge is 2.14. The lowest BCUT2D eigenvalue weighted by molar-refractivity contribution is 0.0946. The number of rotatable bonds is 4. The van der Waals surface area contributed by atoms with Gasteiger partial charge in [-0.3, -0.25) is 4.79 Å². The number of anilines is 1. The van der Waals surface area contributed by atoms with Crippen molar-refractivity contribution in [2.24, 2.45) is 0 Å². The van der Waals surface area contributed by atoms with Crippen LogP contribution in [0.5, 0.6) is 0 Å². The predicted octanol–water partition coefficient (Wildman–Crippen LogP) is 2.42. The maximum absolute atomic E-state index is 12.1.